The summed E-state index contributed by atoms with van der Waals surface area (Å²) >= 11 is 0. The van der Waals surface area contributed by atoms with E-state index in [1.54, 1.807) is 0 Å². The van der Waals surface area contributed by atoms with Crippen LogP contribution in [0.25, 0.3) is 0 Å². The standard InChI is InChI=1S/C6H12FNO4S2/c7-14(11,12)8-13(9,10)6-4-2-1-3-5-6/h6,8H,1-5H2. The van der Waals surface area contributed by atoms with Crippen molar-refractivity contribution in [2.24, 2.45) is 0 Å². The van der Waals surface area contributed by atoms with Gasteiger partial charge in [0.05, 0.1) is 5.25 Å². The zero-order chi connectivity index (χ0) is 10.8. The van der Waals surface area contributed by atoms with E-state index >= 15 is 0 Å². The highest BCUT2D eigenvalue weighted by atomic mass is 32.3. The zero-order valence-corrected chi connectivity index (χ0v) is 9.07. The van der Waals surface area contributed by atoms with Crippen LogP contribution in [0.15, 0.2) is 0 Å². The van der Waals surface area contributed by atoms with E-state index in [4.69, 9.17) is 0 Å². The molecule has 0 aromatic carbocycles. The van der Waals surface area contributed by atoms with Crippen molar-refractivity contribution >= 4 is 20.4 Å². The van der Waals surface area contributed by atoms with Crippen molar-refractivity contribution in [3.63, 3.8) is 0 Å². The molecule has 0 saturated heterocycles. The molecule has 1 N–H and O–H groups in total. The maximum atomic E-state index is 12.1. The lowest BCUT2D eigenvalue weighted by atomic mass is 10.0. The fourth-order valence-corrected chi connectivity index (χ4v) is 4.19. The van der Waals surface area contributed by atoms with E-state index in [9.17, 15) is 20.7 Å². The van der Waals surface area contributed by atoms with Gasteiger partial charge in [-0.3, -0.25) is 0 Å². The first-order valence-electron chi connectivity index (χ1n) is 4.28. The van der Waals surface area contributed by atoms with E-state index in [-0.39, 0.29) is 0 Å². The molecule has 1 aliphatic rings. The van der Waals surface area contributed by atoms with Crippen LogP contribution in [0.5, 0.6) is 0 Å². The topological polar surface area (TPSA) is 80.3 Å². The number of hydrogen-bond acceptors (Lipinski definition) is 4. The minimum absolute atomic E-state index is 0.394. The van der Waals surface area contributed by atoms with Crippen LogP contribution in [-0.2, 0) is 20.4 Å². The van der Waals surface area contributed by atoms with Crippen LogP contribution in [0.4, 0.5) is 3.89 Å². The Morgan fingerprint density at radius 2 is 1.50 bits per heavy atom. The third-order valence-electron chi connectivity index (χ3n) is 2.21. The van der Waals surface area contributed by atoms with Crippen LogP contribution in [0.3, 0.4) is 0 Å². The molecule has 1 aliphatic carbocycles. The minimum atomic E-state index is -5.17. The number of hydrogen-bond donors (Lipinski definition) is 1. The van der Waals surface area contributed by atoms with Crippen LogP contribution >= 0.6 is 0 Å². The third-order valence-corrected chi connectivity index (χ3v) is 5.28. The Bertz CT molecular complexity index is 382. The molecule has 1 rings (SSSR count). The Balaban J connectivity index is 2.74. The predicted molar refractivity (Wildman–Crippen MR) is 49.0 cm³/mol. The Morgan fingerprint density at radius 1 is 1.00 bits per heavy atom. The van der Waals surface area contributed by atoms with E-state index < -0.39 is 25.7 Å². The highest BCUT2D eigenvalue weighted by Crippen LogP contribution is 2.23. The normalized spacial score (nSPS) is 20.9. The van der Waals surface area contributed by atoms with E-state index in [0.717, 1.165) is 23.4 Å². The van der Waals surface area contributed by atoms with Gasteiger partial charge in [-0.2, -0.15) is 8.42 Å². The molecular weight excluding hydrogens is 233 g/mol. The average Bonchev–Trinajstić information content (AvgIpc) is 2.01. The summed E-state index contributed by atoms with van der Waals surface area (Å²) in [6.45, 7) is 0. The third kappa shape index (κ3) is 3.50. The molecule has 0 heterocycles. The van der Waals surface area contributed by atoms with Crippen molar-refractivity contribution in [1.82, 2.24) is 4.13 Å². The lowest BCUT2D eigenvalue weighted by Gasteiger charge is -2.20. The van der Waals surface area contributed by atoms with Crippen molar-refractivity contribution in [3.05, 3.63) is 0 Å². The fourth-order valence-electron chi connectivity index (χ4n) is 1.58. The molecule has 5 nitrogen and oxygen atoms in total. The molecule has 0 unspecified atom stereocenters. The van der Waals surface area contributed by atoms with Gasteiger partial charge in [0.15, 0.2) is 0 Å². The molecule has 1 saturated carbocycles. The van der Waals surface area contributed by atoms with Gasteiger partial charge in [-0.15, -0.1) is 0 Å². The Morgan fingerprint density at radius 3 is 1.93 bits per heavy atom. The second-order valence-corrected chi connectivity index (χ2v) is 6.63. The van der Waals surface area contributed by atoms with Crippen molar-refractivity contribution in [2.75, 3.05) is 0 Å². The molecular formula is C6H12FNO4S2. The second kappa shape index (κ2) is 4.11. The monoisotopic (exact) mass is 245 g/mol. The largest absolute Gasteiger partial charge is 0.385 e. The SMILES string of the molecule is O=S(=O)(F)NS(=O)(=O)C1CCCCC1. The Hall–Kier alpha value is -0.210. The molecule has 0 aromatic heterocycles. The van der Waals surface area contributed by atoms with Gasteiger partial charge >= 0.3 is 10.4 Å². The summed E-state index contributed by atoms with van der Waals surface area (Å²) in [5.41, 5.74) is 0. The van der Waals surface area contributed by atoms with Gasteiger partial charge in [0.25, 0.3) is 0 Å². The molecule has 1 fully saturated rings. The van der Waals surface area contributed by atoms with E-state index in [2.05, 4.69) is 0 Å². The summed E-state index contributed by atoms with van der Waals surface area (Å²) in [4.78, 5) is 0. The molecule has 0 spiro atoms. The van der Waals surface area contributed by atoms with Crippen LogP contribution < -0.4 is 4.13 Å². The zero-order valence-electron chi connectivity index (χ0n) is 7.44. The summed E-state index contributed by atoms with van der Waals surface area (Å²) in [5, 5.41) is -0.776. The maximum Gasteiger partial charge on any atom is 0.385 e. The smallest absolute Gasteiger partial charge is 0.211 e. The molecule has 0 atom stereocenters. The first-order chi connectivity index (χ1) is 6.31. The molecule has 0 aliphatic heterocycles. The van der Waals surface area contributed by atoms with Crippen LogP contribution in [-0.4, -0.2) is 22.1 Å². The van der Waals surface area contributed by atoms with Crippen LogP contribution in [0.2, 0.25) is 0 Å². The number of rotatable bonds is 3. The molecule has 0 bridgehead atoms. The first-order valence-corrected chi connectivity index (χ1v) is 7.21. The van der Waals surface area contributed by atoms with E-state index in [0.29, 0.717) is 12.8 Å². The van der Waals surface area contributed by atoms with Crippen molar-refractivity contribution in [2.45, 2.75) is 37.4 Å². The van der Waals surface area contributed by atoms with Gasteiger partial charge in [-0.1, -0.05) is 27.3 Å². The van der Waals surface area contributed by atoms with Crippen molar-refractivity contribution in [3.8, 4) is 0 Å². The molecule has 0 amide bonds. The summed E-state index contributed by atoms with van der Waals surface area (Å²) in [7, 11) is -9.22. The summed E-state index contributed by atoms with van der Waals surface area (Å²) < 4.78 is 56.0. The molecule has 0 radical (unpaired) electrons. The summed E-state index contributed by atoms with van der Waals surface area (Å²) in [6.07, 6.45) is 3.19. The lowest BCUT2D eigenvalue weighted by molar-refractivity contribution is 0.479. The number of halogens is 1. The molecule has 84 valence electrons. The summed E-state index contributed by atoms with van der Waals surface area (Å²) in [5.74, 6) is 0. The fraction of sp³-hybridized carbons (Fsp3) is 1.00. The lowest BCUT2D eigenvalue weighted by Crippen LogP contribution is -2.37. The van der Waals surface area contributed by atoms with E-state index in [1.165, 1.54) is 0 Å². The molecule has 0 aromatic rings. The van der Waals surface area contributed by atoms with Crippen molar-refractivity contribution in [1.29, 1.82) is 0 Å². The van der Waals surface area contributed by atoms with Crippen molar-refractivity contribution < 1.29 is 20.7 Å². The average molecular weight is 245 g/mol. The highest BCUT2D eigenvalue weighted by Gasteiger charge is 2.30. The van der Waals surface area contributed by atoms with Gasteiger partial charge in [0, 0.05) is 0 Å². The van der Waals surface area contributed by atoms with Crippen LogP contribution in [0, 0.1) is 0 Å². The van der Waals surface area contributed by atoms with Gasteiger partial charge in [0.1, 0.15) is 0 Å². The predicted octanol–water partition coefficient (Wildman–Crippen LogP) is 0.453. The maximum absolute atomic E-state index is 12.1. The highest BCUT2D eigenvalue weighted by molar-refractivity contribution is 8.02. The van der Waals surface area contributed by atoms with E-state index in [1.807, 2.05) is 0 Å². The van der Waals surface area contributed by atoms with Gasteiger partial charge in [-0.05, 0) is 12.8 Å². The van der Waals surface area contributed by atoms with Gasteiger partial charge in [-0.25, -0.2) is 8.42 Å². The second-order valence-electron chi connectivity index (χ2n) is 3.33. The molecule has 8 heteroatoms. The van der Waals surface area contributed by atoms with Crippen LogP contribution in [0.1, 0.15) is 32.1 Å². The van der Waals surface area contributed by atoms with Gasteiger partial charge < -0.3 is 0 Å². The number of nitrogens with one attached hydrogen (secondary N) is 1. The Kier molecular flexibility index (Phi) is 3.49. The quantitative estimate of drug-likeness (QED) is 0.732. The van der Waals surface area contributed by atoms with Gasteiger partial charge in [0.2, 0.25) is 10.0 Å². The number of sulfonamides is 1. The minimum Gasteiger partial charge on any atom is -0.211 e. The summed E-state index contributed by atoms with van der Waals surface area (Å²) in [6, 6.07) is 0. The first kappa shape index (κ1) is 11.9. The Labute approximate surface area is 83.1 Å². The molecule has 14 heavy (non-hydrogen) atoms.